The minimum Gasteiger partial charge on any atom is -0.439 e. The molecule has 20 heavy (non-hydrogen) atoms. The summed E-state index contributed by atoms with van der Waals surface area (Å²) in [5.74, 6) is 1.81. The van der Waals surface area contributed by atoms with Crippen LogP contribution in [0, 0.1) is 0 Å². The quantitative estimate of drug-likeness (QED) is 0.780. The van der Waals surface area contributed by atoms with Gasteiger partial charge in [0.2, 0.25) is 5.89 Å². The van der Waals surface area contributed by atoms with Crippen LogP contribution in [0.1, 0.15) is 18.1 Å². The fourth-order valence-electron chi connectivity index (χ4n) is 2.63. The molecule has 1 aromatic carbocycles. The van der Waals surface area contributed by atoms with Crippen molar-refractivity contribution in [3.63, 3.8) is 0 Å². The van der Waals surface area contributed by atoms with Crippen LogP contribution >= 0.6 is 0 Å². The Balaban J connectivity index is 1.43. The van der Waals surface area contributed by atoms with Gasteiger partial charge in [-0.1, -0.05) is 12.1 Å². The van der Waals surface area contributed by atoms with E-state index in [2.05, 4.69) is 20.4 Å². The lowest BCUT2D eigenvalue weighted by Gasteiger charge is -2.22. The molecule has 2 aromatic heterocycles. The molecule has 0 amide bonds. The normalized spacial score (nSPS) is 18.3. The van der Waals surface area contributed by atoms with Gasteiger partial charge in [-0.25, -0.2) is 14.6 Å². The molecule has 0 saturated carbocycles. The van der Waals surface area contributed by atoms with E-state index in [1.54, 1.807) is 6.33 Å². The molecular weight excluding hydrogens is 254 g/mol. The largest absolute Gasteiger partial charge is 0.439 e. The van der Waals surface area contributed by atoms with E-state index in [1.165, 1.54) is 0 Å². The number of aromatic nitrogens is 4. The fourth-order valence-corrected chi connectivity index (χ4v) is 2.63. The summed E-state index contributed by atoms with van der Waals surface area (Å²) in [4.78, 5) is 8.70. The zero-order chi connectivity index (χ0) is 13.4. The maximum atomic E-state index is 5.71. The Morgan fingerprint density at radius 3 is 3.25 bits per heavy atom. The molecule has 4 rings (SSSR count). The molecule has 0 bridgehead atoms. The molecule has 102 valence electrons. The first-order valence-corrected chi connectivity index (χ1v) is 6.83. The van der Waals surface area contributed by atoms with E-state index in [0.29, 0.717) is 12.6 Å². The maximum Gasteiger partial charge on any atom is 0.209 e. The van der Waals surface area contributed by atoms with E-state index >= 15 is 0 Å². The van der Waals surface area contributed by atoms with Crippen LogP contribution in [0.25, 0.3) is 11.1 Å². The van der Waals surface area contributed by atoms with E-state index in [-0.39, 0.29) is 0 Å². The van der Waals surface area contributed by atoms with Crippen molar-refractivity contribution in [3.05, 3.63) is 42.3 Å². The molecule has 0 radical (unpaired) electrons. The Kier molecular flexibility index (Phi) is 2.74. The number of oxazole rings is 1. The van der Waals surface area contributed by atoms with Crippen molar-refractivity contribution in [2.45, 2.75) is 32.0 Å². The van der Waals surface area contributed by atoms with Gasteiger partial charge in [0.05, 0.1) is 13.1 Å². The summed E-state index contributed by atoms with van der Waals surface area (Å²) in [6.45, 7) is 1.50. The van der Waals surface area contributed by atoms with Crippen LogP contribution in [-0.4, -0.2) is 25.8 Å². The molecule has 1 aliphatic rings. The number of nitrogens with zero attached hydrogens (tertiary/aromatic N) is 4. The first kappa shape index (κ1) is 11.6. The average molecular weight is 269 g/mol. The van der Waals surface area contributed by atoms with Crippen molar-refractivity contribution < 1.29 is 4.42 Å². The van der Waals surface area contributed by atoms with Gasteiger partial charge in [0, 0.05) is 12.5 Å². The first-order valence-electron chi connectivity index (χ1n) is 6.83. The molecule has 1 N–H and O–H groups in total. The molecule has 1 aliphatic heterocycles. The van der Waals surface area contributed by atoms with Crippen LogP contribution in [0.5, 0.6) is 0 Å². The number of aryl methyl sites for hydroxylation is 1. The molecule has 0 fully saturated rings. The lowest BCUT2D eigenvalue weighted by molar-refractivity contribution is 0.344. The highest BCUT2D eigenvalue weighted by Crippen LogP contribution is 2.16. The van der Waals surface area contributed by atoms with Gasteiger partial charge in [-0.05, 0) is 18.6 Å². The molecule has 6 heteroatoms. The topological polar surface area (TPSA) is 68.8 Å². The number of benzene rings is 1. The highest BCUT2D eigenvalue weighted by molar-refractivity contribution is 5.72. The molecule has 3 heterocycles. The number of rotatable bonds is 3. The van der Waals surface area contributed by atoms with Crippen LogP contribution in [0.4, 0.5) is 0 Å². The summed E-state index contributed by atoms with van der Waals surface area (Å²) < 4.78 is 7.67. The van der Waals surface area contributed by atoms with Gasteiger partial charge >= 0.3 is 0 Å². The Labute approximate surface area is 115 Å². The van der Waals surface area contributed by atoms with E-state index in [0.717, 1.165) is 42.2 Å². The van der Waals surface area contributed by atoms with Gasteiger partial charge in [-0.3, -0.25) is 0 Å². The number of nitrogens with one attached hydrogen (secondary N) is 1. The molecule has 6 nitrogen and oxygen atoms in total. The molecular formula is C14H15N5O. The smallest absolute Gasteiger partial charge is 0.209 e. The minimum atomic E-state index is 0.388. The van der Waals surface area contributed by atoms with Crippen LogP contribution in [0.3, 0.4) is 0 Å². The third-order valence-corrected chi connectivity index (χ3v) is 3.69. The second-order valence-corrected chi connectivity index (χ2v) is 5.05. The highest BCUT2D eigenvalue weighted by atomic mass is 16.3. The van der Waals surface area contributed by atoms with Crippen LogP contribution in [0.15, 0.2) is 35.0 Å². The van der Waals surface area contributed by atoms with Crippen molar-refractivity contribution in [1.29, 1.82) is 0 Å². The van der Waals surface area contributed by atoms with Crippen LogP contribution < -0.4 is 5.32 Å². The summed E-state index contributed by atoms with van der Waals surface area (Å²) in [5.41, 5.74) is 1.75. The Bertz CT molecular complexity index is 699. The van der Waals surface area contributed by atoms with Gasteiger partial charge in [-0.15, -0.1) is 0 Å². The predicted molar refractivity (Wildman–Crippen MR) is 73.0 cm³/mol. The minimum absolute atomic E-state index is 0.388. The molecule has 1 unspecified atom stereocenters. The van der Waals surface area contributed by atoms with Gasteiger partial charge in [-0.2, -0.15) is 5.10 Å². The highest BCUT2D eigenvalue weighted by Gasteiger charge is 2.19. The van der Waals surface area contributed by atoms with Crippen molar-refractivity contribution in [3.8, 4) is 0 Å². The zero-order valence-electron chi connectivity index (χ0n) is 11.0. The van der Waals surface area contributed by atoms with E-state index in [4.69, 9.17) is 4.42 Å². The molecule has 3 aromatic rings. The second-order valence-electron chi connectivity index (χ2n) is 5.05. The summed E-state index contributed by atoms with van der Waals surface area (Å²) in [6, 6.07) is 8.21. The average Bonchev–Trinajstić information content (AvgIpc) is 3.10. The van der Waals surface area contributed by atoms with Gasteiger partial charge in [0.1, 0.15) is 17.7 Å². The van der Waals surface area contributed by atoms with Crippen molar-refractivity contribution in [2.75, 3.05) is 0 Å². The number of hydrogen-bond acceptors (Lipinski definition) is 5. The molecule has 1 atom stereocenters. The SMILES string of the molecule is c1ccc2oc(CNC3CCc4ncnn4C3)nc2c1. The summed E-state index contributed by atoms with van der Waals surface area (Å²) >= 11 is 0. The Hall–Kier alpha value is -2.21. The van der Waals surface area contributed by atoms with Gasteiger partial charge in [0.15, 0.2) is 5.58 Å². The third kappa shape index (κ3) is 2.08. The van der Waals surface area contributed by atoms with Crippen LogP contribution in [0.2, 0.25) is 0 Å². The van der Waals surface area contributed by atoms with Gasteiger partial charge in [0.25, 0.3) is 0 Å². The van der Waals surface area contributed by atoms with Crippen LogP contribution in [-0.2, 0) is 19.5 Å². The fraction of sp³-hybridized carbons (Fsp3) is 0.357. The monoisotopic (exact) mass is 269 g/mol. The number of para-hydroxylation sites is 2. The second kappa shape index (κ2) is 4.72. The number of fused-ring (bicyclic) bond motifs is 2. The first-order chi connectivity index (χ1) is 9.88. The number of hydrogen-bond donors (Lipinski definition) is 1. The summed E-state index contributed by atoms with van der Waals surface area (Å²) in [5, 5.41) is 7.71. The van der Waals surface area contributed by atoms with Gasteiger partial charge < -0.3 is 9.73 Å². The lowest BCUT2D eigenvalue weighted by atomic mass is 10.1. The maximum absolute atomic E-state index is 5.71. The Morgan fingerprint density at radius 1 is 1.35 bits per heavy atom. The van der Waals surface area contributed by atoms with Crippen molar-refractivity contribution in [1.82, 2.24) is 25.1 Å². The standard InChI is InChI=1S/C14H15N5O/c1-2-4-12-11(3-1)18-14(20-12)7-15-10-5-6-13-16-9-17-19(13)8-10/h1-4,9-10,15H,5-8H2. The van der Waals surface area contributed by atoms with Crippen molar-refractivity contribution in [2.24, 2.45) is 0 Å². The third-order valence-electron chi connectivity index (χ3n) is 3.69. The molecule has 0 saturated heterocycles. The summed E-state index contributed by atoms with van der Waals surface area (Å²) in [6.07, 6.45) is 3.66. The zero-order valence-corrected chi connectivity index (χ0v) is 11.0. The predicted octanol–water partition coefficient (Wildman–Crippen LogP) is 1.52. The molecule has 0 aliphatic carbocycles. The summed E-state index contributed by atoms with van der Waals surface area (Å²) in [7, 11) is 0. The lowest BCUT2D eigenvalue weighted by Crippen LogP contribution is -2.37. The van der Waals surface area contributed by atoms with E-state index in [9.17, 15) is 0 Å². The molecule has 0 spiro atoms. The van der Waals surface area contributed by atoms with Crippen molar-refractivity contribution >= 4 is 11.1 Å². The van der Waals surface area contributed by atoms with E-state index < -0.39 is 0 Å². The van der Waals surface area contributed by atoms with E-state index in [1.807, 2.05) is 28.9 Å². The Morgan fingerprint density at radius 2 is 2.30 bits per heavy atom.